The summed E-state index contributed by atoms with van der Waals surface area (Å²) in [4.78, 5) is 6.61. The first-order valence-electron chi connectivity index (χ1n) is 7.87. The SMILES string of the molecule is Cc1nc(C)n(C[C@@H]2CCCN2Cc2cc(C#N)ccc2F)n1. The molecule has 23 heavy (non-hydrogen) atoms. The number of rotatable bonds is 4. The highest BCUT2D eigenvalue weighted by atomic mass is 19.1. The lowest BCUT2D eigenvalue weighted by molar-refractivity contribution is 0.215. The Balaban J connectivity index is 1.75. The second-order valence-corrected chi connectivity index (χ2v) is 6.07. The van der Waals surface area contributed by atoms with Crippen molar-refractivity contribution in [3.05, 3.63) is 46.8 Å². The van der Waals surface area contributed by atoms with Gasteiger partial charge in [0.1, 0.15) is 17.5 Å². The van der Waals surface area contributed by atoms with Gasteiger partial charge in [0.25, 0.3) is 0 Å². The number of nitriles is 1. The van der Waals surface area contributed by atoms with Crippen molar-refractivity contribution in [1.82, 2.24) is 19.7 Å². The fraction of sp³-hybridized carbons (Fsp3) is 0.471. The van der Waals surface area contributed by atoms with Crippen molar-refractivity contribution in [1.29, 1.82) is 5.26 Å². The first kappa shape index (κ1) is 15.6. The largest absolute Gasteiger partial charge is 0.294 e. The molecule has 1 fully saturated rings. The molecule has 0 amide bonds. The summed E-state index contributed by atoms with van der Waals surface area (Å²) in [6.07, 6.45) is 2.16. The molecule has 1 aliphatic heterocycles. The van der Waals surface area contributed by atoms with E-state index in [4.69, 9.17) is 5.26 Å². The van der Waals surface area contributed by atoms with Crippen LogP contribution in [0, 0.1) is 31.0 Å². The van der Waals surface area contributed by atoms with E-state index in [1.807, 2.05) is 18.5 Å². The van der Waals surface area contributed by atoms with E-state index >= 15 is 0 Å². The highest BCUT2D eigenvalue weighted by Crippen LogP contribution is 2.23. The molecule has 0 aliphatic carbocycles. The molecule has 1 aliphatic rings. The molecule has 2 aromatic rings. The molecule has 3 rings (SSSR count). The van der Waals surface area contributed by atoms with Crippen LogP contribution in [0.1, 0.15) is 35.6 Å². The van der Waals surface area contributed by atoms with E-state index in [9.17, 15) is 4.39 Å². The van der Waals surface area contributed by atoms with Gasteiger partial charge in [-0.3, -0.25) is 4.90 Å². The third-order valence-corrected chi connectivity index (χ3v) is 4.39. The standard InChI is InChI=1S/C17H20FN5/c1-12-20-13(2)23(21-12)11-16-4-3-7-22(16)10-15-8-14(9-19)5-6-17(15)18/h5-6,8,16H,3-4,7,10-11H2,1-2H3/t16-/m0/s1. The van der Waals surface area contributed by atoms with E-state index in [0.717, 1.165) is 37.6 Å². The van der Waals surface area contributed by atoms with Crippen LogP contribution < -0.4 is 0 Å². The van der Waals surface area contributed by atoms with Gasteiger partial charge in [0.05, 0.1) is 18.2 Å². The molecule has 1 aromatic heterocycles. The van der Waals surface area contributed by atoms with E-state index in [1.54, 1.807) is 6.07 Å². The zero-order chi connectivity index (χ0) is 16.4. The predicted octanol–water partition coefficient (Wildman–Crippen LogP) is 2.57. The molecule has 0 unspecified atom stereocenters. The van der Waals surface area contributed by atoms with Crippen molar-refractivity contribution < 1.29 is 4.39 Å². The molecular formula is C17H20FN5. The van der Waals surface area contributed by atoms with Gasteiger partial charge in [-0.1, -0.05) is 0 Å². The Morgan fingerprint density at radius 2 is 2.22 bits per heavy atom. The summed E-state index contributed by atoms with van der Waals surface area (Å²) in [5.41, 5.74) is 1.09. The number of hydrogen-bond donors (Lipinski definition) is 0. The Bertz CT molecular complexity index is 746. The van der Waals surface area contributed by atoms with Gasteiger partial charge in [-0.25, -0.2) is 14.1 Å². The summed E-state index contributed by atoms with van der Waals surface area (Å²) in [5, 5.41) is 13.4. The number of likely N-dealkylation sites (tertiary alicyclic amines) is 1. The minimum absolute atomic E-state index is 0.248. The van der Waals surface area contributed by atoms with Gasteiger partial charge in [-0.15, -0.1) is 0 Å². The molecule has 0 radical (unpaired) electrons. The third kappa shape index (κ3) is 3.40. The smallest absolute Gasteiger partial charge is 0.147 e. The fourth-order valence-corrected chi connectivity index (χ4v) is 3.23. The van der Waals surface area contributed by atoms with Crippen LogP contribution in [0.3, 0.4) is 0 Å². The van der Waals surface area contributed by atoms with Gasteiger partial charge >= 0.3 is 0 Å². The Kier molecular flexibility index (Phi) is 4.39. The molecule has 2 heterocycles. The number of benzene rings is 1. The molecule has 1 aromatic carbocycles. The van der Waals surface area contributed by atoms with Crippen molar-refractivity contribution in [2.24, 2.45) is 0 Å². The van der Waals surface area contributed by atoms with E-state index in [2.05, 4.69) is 21.1 Å². The van der Waals surface area contributed by atoms with Crippen LogP contribution in [0.5, 0.6) is 0 Å². The minimum atomic E-state index is -0.248. The van der Waals surface area contributed by atoms with Crippen LogP contribution in [0.25, 0.3) is 0 Å². The maximum Gasteiger partial charge on any atom is 0.147 e. The summed E-state index contributed by atoms with van der Waals surface area (Å²) >= 11 is 0. The summed E-state index contributed by atoms with van der Waals surface area (Å²) in [6, 6.07) is 6.94. The van der Waals surface area contributed by atoms with Crippen LogP contribution in [0.4, 0.5) is 4.39 Å². The van der Waals surface area contributed by atoms with Crippen LogP contribution in [-0.2, 0) is 13.1 Å². The Hall–Kier alpha value is -2.26. The molecule has 0 saturated carbocycles. The van der Waals surface area contributed by atoms with Gasteiger partial charge in [-0.05, 0) is 51.4 Å². The van der Waals surface area contributed by atoms with Crippen molar-refractivity contribution >= 4 is 0 Å². The van der Waals surface area contributed by atoms with E-state index in [0.29, 0.717) is 23.7 Å². The predicted molar refractivity (Wildman–Crippen MR) is 84.0 cm³/mol. The summed E-state index contributed by atoms with van der Waals surface area (Å²) < 4.78 is 15.9. The minimum Gasteiger partial charge on any atom is -0.294 e. The first-order valence-corrected chi connectivity index (χ1v) is 7.87. The van der Waals surface area contributed by atoms with Crippen LogP contribution in [0.2, 0.25) is 0 Å². The fourth-order valence-electron chi connectivity index (χ4n) is 3.23. The van der Waals surface area contributed by atoms with Gasteiger partial charge < -0.3 is 0 Å². The van der Waals surface area contributed by atoms with Crippen LogP contribution >= 0.6 is 0 Å². The molecule has 5 nitrogen and oxygen atoms in total. The van der Waals surface area contributed by atoms with Crippen molar-refractivity contribution in [2.45, 2.75) is 45.8 Å². The molecule has 1 saturated heterocycles. The van der Waals surface area contributed by atoms with Gasteiger partial charge in [0, 0.05) is 18.2 Å². The molecule has 1 atom stereocenters. The normalized spacial score (nSPS) is 18.3. The summed E-state index contributed by atoms with van der Waals surface area (Å²) in [6.45, 7) is 6.08. The molecular weight excluding hydrogens is 293 g/mol. The van der Waals surface area contributed by atoms with Gasteiger partial charge in [-0.2, -0.15) is 10.4 Å². The maximum absolute atomic E-state index is 14.0. The number of nitrogens with zero attached hydrogens (tertiary/aromatic N) is 5. The zero-order valence-electron chi connectivity index (χ0n) is 13.5. The lowest BCUT2D eigenvalue weighted by Gasteiger charge is -2.25. The van der Waals surface area contributed by atoms with Gasteiger partial charge in [0.2, 0.25) is 0 Å². The number of halogens is 1. The lowest BCUT2D eigenvalue weighted by Crippen LogP contribution is -2.33. The first-order chi connectivity index (χ1) is 11.1. The Labute approximate surface area is 135 Å². The topological polar surface area (TPSA) is 57.7 Å². The summed E-state index contributed by atoms with van der Waals surface area (Å²) in [5.74, 6) is 1.44. The van der Waals surface area contributed by atoms with Crippen molar-refractivity contribution in [3.8, 4) is 6.07 Å². The van der Waals surface area contributed by atoms with Crippen molar-refractivity contribution in [3.63, 3.8) is 0 Å². The highest BCUT2D eigenvalue weighted by Gasteiger charge is 2.26. The van der Waals surface area contributed by atoms with E-state index in [1.165, 1.54) is 12.1 Å². The van der Waals surface area contributed by atoms with Crippen LogP contribution in [0.15, 0.2) is 18.2 Å². The lowest BCUT2D eigenvalue weighted by atomic mass is 10.1. The Morgan fingerprint density at radius 3 is 2.91 bits per heavy atom. The highest BCUT2D eigenvalue weighted by molar-refractivity contribution is 5.33. The van der Waals surface area contributed by atoms with Crippen molar-refractivity contribution in [2.75, 3.05) is 6.54 Å². The van der Waals surface area contributed by atoms with Gasteiger partial charge in [0.15, 0.2) is 0 Å². The zero-order valence-corrected chi connectivity index (χ0v) is 13.5. The quantitative estimate of drug-likeness (QED) is 0.870. The van der Waals surface area contributed by atoms with Crippen LogP contribution in [-0.4, -0.2) is 32.3 Å². The maximum atomic E-state index is 14.0. The van der Waals surface area contributed by atoms with E-state index in [-0.39, 0.29) is 5.82 Å². The third-order valence-electron chi connectivity index (χ3n) is 4.39. The molecule has 0 spiro atoms. The monoisotopic (exact) mass is 313 g/mol. The van der Waals surface area contributed by atoms with E-state index < -0.39 is 0 Å². The average Bonchev–Trinajstić information content (AvgIpc) is 3.08. The molecule has 6 heteroatoms. The average molecular weight is 313 g/mol. The number of aromatic nitrogens is 3. The molecule has 0 bridgehead atoms. The second kappa shape index (κ2) is 6.47. The molecule has 0 N–H and O–H groups in total. The summed E-state index contributed by atoms with van der Waals surface area (Å²) in [7, 11) is 0. The molecule has 120 valence electrons. The number of hydrogen-bond acceptors (Lipinski definition) is 4. The number of aryl methyl sites for hydroxylation is 2. The Morgan fingerprint density at radius 1 is 1.39 bits per heavy atom. The second-order valence-electron chi connectivity index (χ2n) is 6.07.